The summed E-state index contributed by atoms with van der Waals surface area (Å²) in [6.07, 6.45) is 0. The lowest BCUT2D eigenvalue weighted by Crippen LogP contribution is -2.26. The van der Waals surface area contributed by atoms with E-state index in [0.29, 0.717) is 11.1 Å². The molecule has 0 aromatic heterocycles. The zero-order valence-electron chi connectivity index (χ0n) is 19.4. The minimum Gasteiger partial charge on any atom is -0.293 e. The fourth-order valence-electron chi connectivity index (χ4n) is 4.91. The largest absolute Gasteiger partial charge is 0.293 e. The van der Waals surface area contributed by atoms with Crippen LogP contribution in [0.1, 0.15) is 44.1 Å². The molecule has 4 aromatic carbocycles. The van der Waals surface area contributed by atoms with Crippen LogP contribution < -0.4 is 0 Å². The quantitative estimate of drug-likeness (QED) is 0.244. The average Bonchev–Trinajstić information content (AvgIpc) is 3.18. The molecule has 34 heavy (non-hydrogen) atoms. The van der Waals surface area contributed by atoms with Crippen molar-refractivity contribution >= 4 is 22.7 Å². The first-order valence-corrected chi connectivity index (χ1v) is 11.6. The van der Waals surface area contributed by atoms with Crippen LogP contribution in [0, 0.1) is 19.8 Å². The minimum absolute atomic E-state index is 0.110. The highest BCUT2D eigenvalue weighted by atomic mass is 16.2. The van der Waals surface area contributed by atoms with E-state index >= 15 is 0 Å². The van der Waals surface area contributed by atoms with E-state index in [1.54, 1.807) is 12.1 Å². The van der Waals surface area contributed by atoms with Crippen LogP contribution >= 0.6 is 0 Å². The molecule has 0 bridgehead atoms. The van der Waals surface area contributed by atoms with Crippen LogP contribution in [0.3, 0.4) is 0 Å². The van der Waals surface area contributed by atoms with Gasteiger partial charge >= 0.3 is 0 Å². The lowest BCUT2D eigenvalue weighted by Gasteiger charge is -2.22. The molecule has 166 valence electrons. The van der Waals surface area contributed by atoms with E-state index in [1.807, 2.05) is 55.5 Å². The third-order valence-electron chi connectivity index (χ3n) is 6.64. The Bertz CT molecular complexity index is 1360. The number of carbonyl (C=O) groups excluding carboxylic acids is 2. The topological polar surface area (TPSA) is 34.1 Å². The van der Waals surface area contributed by atoms with Crippen LogP contribution in [0.2, 0.25) is 0 Å². The molecular weight excluding hydrogens is 416 g/mol. The Labute approximate surface area is 200 Å². The van der Waals surface area contributed by atoms with Crippen molar-refractivity contribution in [2.24, 2.45) is 5.92 Å². The van der Waals surface area contributed by atoms with Gasteiger partial charge in [-0.3, -0.25) is 9.59 Å². The van der Waals surface area contributed by atoms with Gasteiger partial charge in [0.25, 0.3) is 0 Å². The first-order chi connectivity index (χ1) is 16.5. The first-order valence-electron chi connectivity index (χ1n) is 11.6. The summed E-state index contributed by atoms with van der Waals surface area (Å²) in [5, 5.41) is 0. The maximum Gasteiger partial charge on any atom is 0.175 e. The lowest BCUT2D eigenvalue weighted by molar-refractivity contribution is -0.115. The van der Waals surface area contributed by atoms with Crippen LogP contribution in [-0.2, 0) is 4.79 Å². The standard InChI is InChI=1S/C32H26O2/c1-21-13-17-24(18-14-21)27-28(25-19-15-22(2)16-20-25)30(31(33)26-11-7-4-8-12-26)32(34)29(27)23-9-5-3-6-10-23/h3-20,28,30H,1-2H3/t28-,30-/m1/s1. The van der Waals surface area contributed by atoms with Crippen molar-refractivity contribution in [3.63, 3.8) is 0 Å². The second-order valence-electron chi connectivity index (χ2n) is 8.98. The third-order valence-corrected chi connectivity index (χ3v) is 6.64. The van der Waals surface area contributed by atoms with Gasteiger partial charge in [0.15, 0.2) is 11.6 Å². The summed E-state index contributed by atoms with van der Waals surface area (Å²) in [5.74, 6) is -1.41. The van der Waals surface area contributed by atoms with E-state index in [2.05, 4.69) is 55.5 Å². The predicted octanol–water partition coefficient (Wildman–Crippen LogP) is 7.08. The summed E-state index contributed by atoms with van der Waals surface area (Å²) >= 11 is 0. The number of rotatable bonds is 5. The molecule has 0 amide bonds. The zero-order chi connectivity index (χ0) is 23.7. The normalized spacial score (nSPS) is 17.8. The van der Waals surface area contributed by atoms with Crippen molar-refractivity contribution < 1.29 is 9.59 Å². The molecule has 2 atom stereocenters. The van der Waals surface area contributed by atoms with Gasteiger partial charge < -0.3 is 0 Å². The highest BCUT2D eigenvalue weighted by Gasteiger charge is 2.47. The SMILES string of the molecule is Cc1ccc(C2=C(c3ccccc3)C(=O)[C@@H](C(=O)c3ccccc3)[C@@H]2c2ccc(C)cc2)cc1. The van der Waals surface area contributed by atoms with Gasteiger partial charge in [-0.15, -0.1) is 0 Å². The van der Waals surface area contributed by atoms with Gasteiger partial charge in [-0.05, 0) is 36.1 Å². The van der Waals surface area contributed by atoms with Crippen molar-refractivity contribution in [3.8, 4) is 0 Å². The molecule has 1 aliphatic rings. The summed E-state index contributed by atoms with van der Waals surface area (Å²) in [6.45, 7) is 4.09. The summed E-state index contributed by atoms with van der Waals surface area (Å²) in [4.78, 5) is 28.0. The Kier molecular flexibility index (Phi) is 5.81. The Hall–Kier alpha value is -4.04. The van der Waals surface area contributed by atoms with E-state index in [1.165, 1.54) is 0 Å². The zero-order valence-corrected chi connectivity index (χ0v) is 19.4. The summed E-state index contributed by atoms with van der Waals surface area (Å²) < 4.78 is 0. The summed E-state index contributed by atoms with van der Waals surface area (Å²) in [7, 11) is 0. The van der Waals surface area contributed by atoms with Crippen molar-refractivity contribution in [3.05, 3.63) is 143 Å². The Morgan fingerprint density at radius 3 is 1.74 bits per heavy atom. The number of hydrogen-bond donors (Lipinski definition) is 0. The molecule has 0 saturated heterocycles. The molecule has 0 radical (unpaired) electrons. The Balaban J connectivity index is 1.78. The molecule has 0 N–H and O–H groups in total. The number of hydrogen-bond acceptors (Lipinski definition) is 2. The van der Waals surface area contributed by atoms with E-state index < -0.39 is 5.92 Å². The smallest absolute Gasteiger partial charge is 0.175 e. The molecule has 0 unspecified atom stereocenters. The van der Waals surface area contributed by atoms with Gasteiger partial charge in [-0.2, -0.15) is 0 Å². The number of benzene rings is 4. The molecule has 2 nitrogen and oxygen atoms in total. The average molecular weight is 443 g/mol. The van der Waals surface area contributed by atoms with Gasteiger partial charge in [-0.25, -0.2) is 0 Å². The number of allylic oxidation sites excluding steroid dienone is 2. The van der Waals surface area contributed by atoms with Gasteiger partial charge in [0.1, 0.15) is 0 Å². The van der Waals surface area contributed by atoms with Gasteiger partial charge in [0.05, 0.1) is 5.92 Å². The third kappa shape index (κ3) is 3.92. The molecule has 0 aliphatic heterocycles. The molecule has 0 fully saturated rings. The molecule has 0 spiro atoms. The van der Waals surface area contributed by atoms with Crippen LogP contribution in [0.4, 0.5) is 0 Å². The lowest BCUT2D eigenvalue weighted by atomic mass is 9.78. The van der Waals surface area contributed by atoms with Crippen molar-refractivity contribution in [1.29, 1.82) is 0 Å². The molecule has 4 aromatic rings. The first kappa shape index (κ1) is 21.8. The van der Waals surface area contributed by atoms with E-state index in [-0.39, 0.29) is 17.5 Å². The highest BCUT2D eigenvalue weighted by molar-refractivity contribution is 6.39. The molecule has 1 aliphatic carbocycles. The maximum absolute atomic E-state index is 14.1. The fourth-order valence-corrected chi connectivity index (χ4v) is 4.91. The molecule has 0 saturated carbocycles. The maximum atomic E-state index is 14.1. The summed E-state index contributed by atoms with van der Waals surface area (Å²) in [6, 6.07) is 35.4. The number of ketones is 2. The van der Waals surface area contributed by atoms with Gasteiger partial charge in [0, 0.05) is 17.1 Å². The molecule has 2 heteroatoms. The molecule has 5 rings (SSSR count). The predicted molar refractivity (Wildman–Crippen MR) is 138 cm³/mol. The van der Waals surface area contributed by atoms with E-state index in [4.69, 9.17) is 0 Å². The molecule has 0 heterocycles. The van der Waals surface area contributed by atoms with E-state index in [9.17, 15) is 9.59 Å². The monoisotopic (exact) mass is 442 g/mol. The van der Waals surface area contributed by atoms with Gasteiger partial charge in [-0.1, -0.05) is 120 Å². The second-order valence-corrected chi connectivity index (χ2v) is 8.98. The summed E-state index contributed by atoms with van der Waals surface area (Å²) in [5.41, 5.74) is 7.24. The van der Waals surface area contributed by atoms with Crippen LogP contribution in [-0.4, -0.2) is 11.6 Å². The van der Waals surface area contributed by atoms with Crippen LogP contribution in [0.5, 0.6) is 0 Å². The number of carbonyl (C=O) groups is 2. The van der Waals surface area contributed by atoms with Crippen molar-refractivity contribution in [1.82, 2.24) is 0 Å². The van der Waals surface area contributed by atoms with Crippen LogP contribution in [0.15, 0.2) is 109 Å². The molecular formula is C32H26O2. The van der Waals surface area contributed by atoms with E-state index in [0.717, 1.165) is 33.4 Å². The minimum atomic E-state index is -0.809. The second kappa shape index (κ2) is 9.07. The van der Waals surface area contributed by atoms with Crippen LogP contribution in [0.25, 0.3) is 11.1 Å². The fraction of sp³-hybridized carbons (Fsp3) is 0.125. The Morgan fingerprint density at radius 1 is 0.618 bits per heavy atom. The highest BCUT2D eigenvalue weighted by Crippen LogP contribution is 2.51. The number of Topliss-reactive ketones (excluding diaryl/α,β-unsaturated/α-hetero) is 2. The van der Waals surface area contributed by atoms with Gasteiger partial charge in [0.2, 0.25) is 0 Å². The van der Waals surface area contributed by atoms with Crippen molar-refractivity contribution in [2.75, 3.05) is 0 Å². The Morgan fingerprint density at radius 2 is 1.15 bits per heavy atom. The number of aryl methyl sites for hydroxylation is 2. The van der Waals surface area contributed by atoms with Crippen molar-refractivity contribution in [2.45, 2.75) is 19.8 Å².